The van der Waals surface area contributed by atoms with E-state index in [2.05, 4.69) is 11.6 Å². The van der Waals surface area contributed by atoms with Crippen LogP contribution in [0.5, 0.6) is 0 Å². The van der Waals surface area contributed by atoms with Crippen LogP contribution in [0.15, 0.2) is 53.4 Å². The van der Waals surface area contributed by atoms with Crippen LogP contribution in [0.3, 0.4) is 0 Å². The number of carbonyl (C=O) groups excluding carboxylic acids is 1. The fraction of sp³-hybridized carbons (Fsp3) is 0.480. The molecule has 1 saturated heterocycles. The van der Waals surface area contributed by atoms with Gasteiger partial charge in [-0.2, -0.15) is 0 Å². The topological polar surface area (TPSA) is 95.7 Å². The Bertz CT molecular complexity index is 991. The van der Waals surface area contributed by atoms with Gasteiger partial charge in [0.1, 0.15) is 0 Å². The molecule has 1 aliphatic rings. The van der Waals surface area contributed by atoms with E-state index in [1.165, 1.54) is 25.7 Å². The molecule has 0 saturated carbocycles. The van der Waals surface area contributed by atoms with E-state index in [1.807, 2.05) is 17.0 Å². The van der Waals surface area contributed by atoms with Gasteiger partial charge in [-0.15, -0.1) is 0 Å². The molecule has 0 atom stereocenters. The molecule has 2 aromatic carbocycles. The molecule has 0 unspecified atom stereocenters. The predicted molar refractivity (Wildman–Crippen MR) is 134 cm³/mol. The summed E-state index contributed by atoms with van der Waals surface area (Å²) in [6.45, 7) is 4.86. The highest BCUT2D eigenvalue weighted by Crippen LogP contribution is 2.24. The molecule has 2 amide bonds. The molecule has 2 aromatic rings. The van der Waals surface area contributed by atoms with Crippen molar-refractivity contribution in [3.05, 3.63) is 54.1 Å². The molecule has 3 N–H and O–H groups in total. The van der Waals surface area contributed by atoms with E-state index in [-0.39, 0.29) is 10.9 Å². The van der Waals surface area contributed by atoms with Crippen LogP contribution in [0, 0.1) is 0 Å². The van der Waals surface area contributed by atoms with Crippen molar-refractivity contribution >= 4 is 27.4 Å². The smallest absolute Gasteiger partial charge is 0.324 e. The summed E-state index contributed by atoms with van der Waals surface area (Å²) in [4.78, 5) is 16.6. The highest BCUT2D eigenvalue weighted by Gasteiger charge is 2.29. The molecule has 0 bridgehead atoms. The minimum atomic E-state index is -3.71. The summed E-state index contributed by atoms with van der Waals surface area (Å²) in [5.41, 5.74) is 7.83. The van der Waals surface area contributed by atoms with Crippen LogP contribution in [0.2, 0.25) is 0 Å². The van der Waals surface area contributed by atoms with E-state index < -0.39 is 10.0 Å². The van der Waals surface area contributed by atoms with Gasteiger partial charge in [-0.25, -0.2) is 13.2 Å². The van der Waals surface area contributed by atoms with Gasteiger partial charge in [0.15, 0.2) is 0 Å². The Hall–Kier alpha value is -2.58. The highest BCUT2D eigenvalue weighted by atomic mass is 32.2. The average Bonchev–Trinajstić information content (AvgIpc) is 3.18. The minimum Gasteiger partial charge on any atom is -0.330 e. The van der Waals surface area contributed by atoms with Crippen LogP contribution in [-0.2, 0) is 16.4 Å². The largest absolute Gasteiger partial charge is 0.330 e. The summed E-state index contributed by atoms with van der Waals surface area (Å²) in [7, 11) is -3.71. The Balaban J connectivity index is 1.55. The average molecular weight is 473 g/mol. The Morgan fingerprint density at radius 1 is 0.909 bits per heavy atom. The van der Waals surface area contributed by atoms with Gasteiger partial charge in [-0.3, -0.25) is 9.62 Å². The maximum atomic E-state index is 12.8. The van der Waals surface area contributed by atoms with E-state index in [9.17, 15) is 13.2 Å². The lowest BCUT2D eigenvalue weighted by Gasteiger charge is -2.19. The molecule has 0 radical (unpaired) electrons. The number of benzene rings is 2. The van der Waals surface area contributed by atoms with Crippen molar-refractivity contribution in [3.63, 3.8) is 0 Å². The number of sulfonamides is 1. The lowest BCUT2D eigenvalue weighted by molar-refractivity contribution is 0.219. The van der Waals surface area contributed by atoms with Crippen molar-refractivity contribution in [2.24, 2.45) is 5.73 Å². The molecular formula is C25H36N4O3S. The van der Waals surface area contributed by atoms with Crippen molar-refractivity contribution in [3.8, 4) is 0 Å². The normalized spacial score (nSPS) is 14.2. The number of nitrogens with zero attached hydrogens (tertiary/aromatic N) is 2. The second-order valence-electron chi connectivity index (χ2n) is 8.52. The van der Waals surface area contributed by atoms with Gasteiger partial charge in [0.05, 0.1) is 4.90 Å². The first-order chi connectivity index (χ1) is 15.9. The number of rotatable bonds is 13. The summed E-state index contributed by atoms with van der Waals surface area (Å²) >= 11 is 0. The van der Waals surface area contributed by atoms with E-state index >= 15 is 0 Å². The number of nitrogens with one attached hydrogen (secondary N) is 1. The zero-order valence-electron chi connectivity index (χ0n) is 19.5. The number of carbonyl (C=O) groups is 1. The zero-order valence-corrected chi connectivity index (χ0v) is 20.3. The number of urea groups is 1. The van der Waals surface area contributed by atoms with E-state index in [1.54, 1.807) is 41.3 Å². The van der Waals surface area contributed by atoms with Crippen LogP contribution in [-0.4, -0.2) is 45.5 Å². The number of hydrogen-bond donors (Lipinski definition) is 2. The first kappa shape index (κ1) is 25.1. The third kappa shape index (κ3) is 6.95. The Labute approximate surface area is 198 Å². The van der Waals surface area contributed by atoms with Gasteiger partial charge in [-0.05, 0) is 61.3 Å². The molecule has 1 fully saturated rings. The van der Waals surface area contributed by atoms with Gasteiger partial charge >= 0.3 is 6.03 Å². The van der Waals surface area contributed by atoms with Gasteiger partial charge in [0.2, 0.25) is 0 Å². The van der Waals surface area contributed by atoms with Crippen molar-refractivity contribution in [1.82, 2.24) is 4.90 Å². The molecule has 7 nitrogen and oxygen atoms in total. The summed E-state index contributed by atoms with van der Waals surface area (Å²) in [5.74, 6) is 0. The standard InChI is InChI=1S/C25H36N4O3S/c1-2-3-4-5-6-7-18-28-19-20-29(25(28)30)23-12-14-24(15-13-23)33(31,32)27-22-10-8-21(9-11-22)16-17-26/h8-15,27H,2-7,16-20,26H2,1H3. The van der Waals surface area contributed by atoms with Crippen LogP contribution >= 0.6 is 0 Å². The van der Waals surface area contributed by atoms with Crippen LogP contribution in [0.25, 0.3) is 0 Å². The number of amides is 2. The number of anilines is 2. The Morgan fingerprint density at radius 3 is 2.24 bits per heavy atom. The first-order valence-electron chi connectivity index (χ1n) is 11.9. The van der Waals surface area contributed by atoms with Crippen molar-refractivity contribution < 1.29 is 13.2 Å². The first-order valence-corrected chi connectivity index (χ1v) is 13.4. The lowest BCUT2D eigenvalue weighted by Crippen LogP contribution is -2.32. The van der Waals surface area contributed by atoms with Crippen molar-refractivity contribution in [2.45, 2.75) is 56.8 Å². The molecule has 180 valence electrons. The van der Waals surface area contributed by atoms with Crippen LogP contribution < -0.4 is 15.4 Å². The maximum absolute atomic E-state index is 12.8. The fourth-order valence-corrected chi connectivity index (χ4v) is 5.10. The van der Waals surface area contributed by atoms with Gasteiger partial charge in [0.25, 0.3) is 10.0 Å². The monoisotopic (exact) mass is 472 g/mol. The SMILES string of the molecule is CCCCCCCCN1CCN(c2ccc(S(=O)(=O)Nc3ccc(CCN)cc3)cc2)C1=O. The highest BCUT2D eigenvalue weighted by molar-refractivity contribution is 7.92. The van der Waals surface area contributed by atoms with Crippen LogP contribution in [0.1, 0.15) is 51.0 Å². The van der Waals surface area contributed by atoms with Crippen LogP contribution in [0.4, 0.5) is 16.2 Å². The molecule has 0 aromatic heterocycles. The van der Waals surface area contributed by atoms with E-state index in [4.69, 9.17) is 5.73 Å². The minimum absolute atomic E-state index is 0.00476. The number of nitrogens with two attached hydrogens (primary N) is 1. The molecule has 33 heavy (non-hydrogen) atoms. The molecule has 1 heterocycles. The summed E-state index contributed by atoms with van der Waals surface area (Å²) in [6.07, 6.45) is 7.93. The van der Waals surface area contributed by atoms with Gasteiger partial charge < -0.3 is 10.6 Å². The quantitative estimate of drug-likeness (QED) is 0.417. The van der Waals surface area contributed by atoms with Crippen molar-refractivity contribution in [1.29, 1.82) is 0 Å². The van der Waals surface area contributed by atoms with E-state index in [0.29, 0.717) is 25.3 Å². The second-order valence-corrected chi connectivity index (χ2v) is 10.2. The number of hydrogen-bond acceptors (Lipinski definition) is 4. The second kappa shape index (κ2) is 12.0. The van der Waals surface area contributed by atoms with Gasteiger partial charge in [-0.1, -0.05) is 51.2 Å². The molecule has 3 rings (SSSR count). The predicted octanol–water partition coefficient (Wildman–Crippen LogP) is 4.59. The third-order valence-electron chi connectivity index (χ3n) is 5.97. The molecule has 8 heteroatoms. The van der Waals surface area contributed by atoms with Crippen molar-refractivity contribution in [2.75, 3.05) is 35.8 Å². The maximum Gasteiger partial charge on any atom is 0.324 e. The Kier molecular flexibility index (Phi) is 9.14. The molecular weight excluding hydrogens is 436 g/mol. The molecule has 0 aliphatic carbocycles. The fourth-order valence-electron chi connectivity index (χ4n) is 4.04. The summed E-state index contributed by atoms with van der Waals surface area (Å²) in [6, 6.07) is 13.7. The Morgan fingerprint density at radius 2 is 1.58 bits per heavy atom. The van der Waals surface area contributed by atoms with Gasteiger partial charge in [0, 0.05) is 31.0 Å². The number of unbranched alkanes of at least 4 members (excludes halogenated alkanes) is 5. The van der Waals surface area contributed by atoms with E-state index in [0.717, 1.165) is 37.1 Å². The lowest BCUT2D eigenvalue weighted by atomic mass is 10.1. The molecule has 0 spiro atoms. The summed E-state index contributed by atoms with van der Waals surface area (Å²) in [5, 5.41) is 0. The summed E-state index contributed by atoms with van der Waals surface area (Å²) < 4.78 is 28.1. The third-order valence-corrected chi connectivity index (χ3v) is 7.37. The zero-order chi connectivity index (χ0) is 23.7. The molecule has 1 aliphatic heterocycles.